The fourth-order valence-corrected chi connectivity index (χ4v) is 4.76. The quantitative estimate of drug-likeness (QED) is 0.484. The van der Waals surface area contributed by atoms with Crippen LogP contribution in [0, 0.1) is 0 Å². The fraction of sp³-hybridized carbons (Fsp3) is 0.577. The van der Waals surface area contributed by atoms with Crippen molar-refractivity contribution in [3.05, 3.63) is 35.0 Å². The molecule has 2 aliphatic rings. The van der Waals surface area contributed by atoms with Crippen LogP contribution in [0.25, 0.3) is 0 Å². The van der Waals surface area contributed by atoms with Gasteiger partial charge in [0.25, 0.3) is 0 Å². The third-order valence-electron chi connectivity index (χ3n) is 6.57. The molecule has 0 aromatic heterocycles. The first-order chi connectivity index (χ1) is 17.9. The number of rotatable bonds is 9. The van der Waals surface area contributed by atoms with Gasteiger partial charge in [0.05, 0.1) is 32.4 Å². The summed E-state index contributed by atoms with van der Waals surface area (Å²) >= 11 is 0. The van der Waals surface area contributed by atoms with Gasteiger partial charge in [-0.15, -0.1) is 0 Å². The molecule has 1 aromatic rings. The van der Waals surface area contributed by atoms with Gasteiger partial charge >= 0.3 is 18.0 Å². The maximum atomic E-state index is 13.4. The molecule has 1 atom stereocenters. The summed E-state index contributed by atoms with van der Waals surface area (Å²) in [6.07, 6.45) is 0.782. The van der Waals surface area contributed by atoms with Crippen molar-refractivity contribution >= 4 is 18.0 Å². The Morgan fingerprint density at radius 3 is 2.51 bits per heavy atom. The molecule has 0 radical (unpaired) electrons. The van der Waals surface area contributed by atoms with Crippen LogP contribution in [0.5, 0.6) is 11.5 Å². The standard InChI is InChI=1S/C26H39N5O6/c1-6-27-25(33)30-13-9-12-29(14-15-30)17-20-22(24(32)37-8-3)23(28-26(34)31(20)7-2)19-16-18(35-4)10-11-21(19)36-5/h10-11,16,23H,6-9,12-15,17H2,1-5H3,(H,27,33)(H,28,34). The van der Waals surface area contributed by atoms with E-state index in [1.54, 1.807) is 49.1 Å². The molecule has 1 fully saturated rings. The minimum absolute atomic E-state index is 0.0757. The Labute approximate surface area is 218 Å². The van der Waals surface area contributed by atoms with Gasteiger partial charge in [-0.05, 0) is 45.4 Å². The molecular formula is C26H39N5O6. The molecular weight excluding hydrogens is 478 g/mol. The van der Waals surface area contributed by atoms with Crippen molar-refractivity contribution in [3.63, 3.8) is 0 Å². The second kappa shape index (κ2) is 13.2. The summed E-state index contributed by atoms with van der Waals surface area (Å²) in [5.74, 6) is 0.597. The zero-order valence-electron chi connectivity index (χ0n) is 22.5. The largest absolute Gasteiger partial charge is 0.497 e. The van der Waals surface area contributed by atoms with Gasteiger partial charge in [-0.25, -0.2) is 14.4 Å². The van der Waals surface area contributed by atoms with Crippen molar-refractivity contribution in [1.29, 1.82) is 0 Å². The third kappa shape index (κ3) is 6.46. The van der Waals surface area contributed by atoms with Crippen molar-refractivity contribution in [2.75, 3.05) is 66.6 Å². The molecule has 2 heterocycles. The van der Waals surface area contributed by atoms with Crippen LogP contribution < -0.4 is 20.1 Å². The first kappa shape index (κ1) is 28.1. The Hall–Kier alpha value is -3.47. The number of benzene rings is 1. The molecule has 11 heteroatoms. The predicted molar refractivity (Wildman–Crippen MR) is 139 cm³/mol. The predicted octanol–water partition coefficient (Wildman–Crippen LogP) is 2.34. The Kier molecular flexibility index (Phi) is 10.0. The maximum Gasteiger partial charge on any atom is 0.338 e. The van der Waals surface area contributed by atoms with E-state index in [4.69, 9.17) is 14.2 Å². The van der Waals surface area contributed by atoms with E-state index in [0.717, 1.165) is 13.0 Å². The summed E-state index contributed by atoms with van der Waals surface area (Å²) in [5, 5.41) is 5.83. The van der Waals surface area contributed by atoms with E-state index >= 15 is 0 Å². The van der Waals surface area contributed by atoms with E-state index in [-0.39, 0.29) is 18.7 Å². The molecule has 0 aliphatic carbocycles. The number of likely N-dealkylation sites (N-methyl/N-ethyl adjacent to an activating group) is 1. The molecule has 3 rings (SSSR count). The normalized spacial score (nSPS) is 18.7. The number of urea groups is 2. The summed E-state index contributed by atoms with van der Waals surface area (Å²) in [7, 11) is 3.10. The van der Waals surface area contributed by atoms with Crippen molar-refractivity contribution in [2.24, 2.45) is 0 Å². The van der Waals surface area contributed by atoms with Gasteiger partial charge in [-0.2, -0.15) is 0 Å². The SMILES string of the molecule is CCNC(=O)N1CCCN(CC2=C(C(=O)OCC)C(c3cc(OC)ccc3OC)NC(=O)N2CC)CC1. The zero-order valence-corrected chi connectivity index (χ0v) is 22.5. The lowest BCUT2D eigenvalue weighted by molar-refractivity contribution is -0.139. The highest BCUT2D eigenvalue weighted by Crippen LogP contribution is 2.38. The van der Waals surface area contributed by atoms with Gasteiger partial charge in [-0.1, -0.05) is 0 Å². The second-order valence-corrected chi connectivity index (χ2v) is 8.77. The smallest absolute Gasteiger partial charge is 0.338 e. The van der Waals surface area contributed by atoms with Crippen LogP contribution >= 0.6 is 0 Å². The van der Waals surface area contributed by atoms with Gasteiger partial charge in [-0.3, -0.25) is 9.80 Å². The van der Waals surface area contributed by atoms with Crippen LogP contribution in [-0.4, -0.2) is 99.4 Å². The van der Waals surface area contributed by atoms with Crippen LogP contribution in [0.4, 0.5) is 9.59 Å². The lowest BCUT2D eigenvalue weighted by Crippen LogP contribution is -2.51. The average Bonchev–Trinajstić information content (AvgIpc) is 3.14. The number of methoxy groups -OCH3 is 2. The summed E-state index contributed by atoms with van der Waals surface area (Å²) in [6, 6.07) is 4.11. The minimum atomic E-state index is -0.784. The number of amides is 4. The minimum Gasteiger partial charge on any atom is -0.497 e. The maximum absolute atomic E-state index is 13.4. The van der Waals surface area contributed by atoms with E-state index in [2.05, 4.69) is 15.5 Å². The number of carbonyl (C=O) groups excluding carboxylic acids is 3. The Bertz CT molecular complexity index is 1010. The molecule has 1 aromatic carbocycles. The molecule has 37 heavy (non-hydrogen) atoms. The molecule has 11 nitrogen and oxygen atoms in total. The molecule has 1 saturated heterocycles. The van der Waals surface area contributed by atoms with Crippen molar-refractivity contribution in [1.82, 2.24) is 25.3 Å². The first-order valence-electron chi connectivity index (χ1n) is 12.8. The van der Waals surface area contributed by atoms with E-state index in [1.165, 1.54) is 0 Å². The first-order valence-corrected chi connectivity index (χ1v) is 12.8. The Morgan fingerprint density at radius 1 is 1.08 bits per heavy atom. The van der Waals surface area contributed by atoms with E-state index in [0.29, 0.717) is 67.6 Å². The summed E-state index contributed by atoms with van der Waals surface area (Å²) < 4.78 is 16.5. The van der Waals surface area contributed by atoms with Gasteiger partial charge in [0, 0.05) is 57.1 Å². The number of hydrogen-bond acceptors (Lipinski definition) is 7. The lowest BCUT2D eigenvalue weighted by Gasteiger charge is -2.38. The Morgan fingerprint density at radius 2 is 1.86 bits per heavy atom. The average molecular weight is 518 g/mol. The monoisotopic (exact) mass is 517 g/mol. The molecule has 2 N–H and O–H groups in total. The second-order valence-electron chi connectivity index (χ2n) is 8.77. The van der Waals surface area contributed by atoms with Gasteiger partial charge in [0.1, 0.15) is 11.5 Å². The molecule has 1 unspecified atom stereocenters. The van der Waals surface area contributed by atoms with Gasteiger partial charge in [0.2, 0.25) is 0 Å². The van der Waals surface area contributed by atoms with Crippen molar-refractivity contribution < 1.29 is 28.6 Å². The summed E-state index contributed by atoms with van der Waals surface area (Å²) in [6.45, 7) is 9.57. The van der Waals surface area contributed by atoms with Crippen molar-refractivity contribution in [2.45, 2.75) is 33.2 Å². The van der Waals surface area contributed by atoms with E-state index < -0.39 is 12.0 Å². The molecule has 0 bridgehead atoms. The van der Waals surface area contributed by atoms with Crippen LogP contribution in [0.3, 0.4) is 0 Å². The summed E-state index contributed by atoms with van der Waals surface area (Å²) in [4.78, 5) is 44.6. The highest BCUT2D eigenvalue weighted by Gasteiger charge is 2.39. The third-order valence-corrected chi connectivity index (χ3v) is 6.57. The highest BCUT2D eigenvalue weighted by atomic mass is 16.5. The summed E-state index contributed by atoms with van der Waals surface area (Å²) in [5.41, 5.74) is 1.55. The molecule has 2 aliphatic heterocycles. The van der Waals surface area contributed by atoms with E-state index in [9.17, 15) is 14.4 Å². The van der Waals surface area contributed by atoms with Crippen LogP contribution in [0.15, 0.2) is 29.5 Å². The molecule has 4 amide bonds. The van der Waals surface area contributed by atoms with Gasteiger partial charge in [0.15, 0.2) is 0 Å². The highest BCUT2D eigenvalue weighted by molar-refractivity contribution is 5.95. The van der Waals surface area contributed by atoms with Crippen LogP contribution in [0.2, 0.25) is 0 Å². The van der Waals surface area contributed by atoms with Crippen LogP contribution in [-0.2, 0) is 9.53 Å². The molecule has 204 valence electrons. The zero-order chi connectivity index (χ0) is 26.9. The number of carbonyl (C=O) groups is 3. The van der Waals surface area contributed by atoms with E-state index in [1.807, 2.05) is 13.8 Å². The number of ether oxygens (including phenoxy) is 3. The Balaban J connectivity index is 2.04. The number of esters is 1. The molecule has 0 saturated carbocycles. The number of nitrogens with one attached hydrogen (secondary N) is 2. The lowest BCUT2D eigenvalue weighted by atomic mass is 9.93. The van der Waals surface area contributed by atoms with Crippen LogP contribution in [0.1, 0.15) is 38.8 Å². The molecule has 0 spiro atoms. The number of nitrogens with zero attached hydrogens (tertiary/aromatic N) is 3. The topological polar surface area (TPSA) is 113 Å². The van der Waals surface area contributed by atoms with Crippen molar-refractivity contribution in [3.8, 4) is 11.5 Å². The number of hydrogen-bond donors (Lipinski definition) is 2. The van der Waals surface area contributed by atoms with Gasteiger partial charge < -0.3 is 29.7 Å². The fourth-order valence-electron chi connectivity index (χ4n) is 4.76.